The number of nitrogens with one attached hydrogen (secondary N) is 1. The first-order valence-corrected chi connectivity index (χ1v) is 10.9. The van der Waals surface area contributed by atoms with E-state index in [1.165, 1.54) is 16.8 Å². The number of allylic oxidation sites excluding steroid dienone is 3. The number of nitrogens with zero attached hydrogens (tertiary/aromatic N) is 2. The molecule has 0 saturated carbocycles. The Morgan fingerprint density at radius 1 is 0.933 bits per heavy atom. The molecular weight excluding hydrogens is 366 g/mol. The van der Waals surface area contributed by atoms with Gasteiger partial charge in [0.2, 0.25) is 0 Å². The quantitative estimate of drug-likeness (QED) is 0.390. The highest BCUT2D eigenvalue weighted by molar-refractivity contribution is 6.01. The third-order valence-corrected chi connectivity index (χ3v) is 5.70. The minimum Gasteiger partial charge on any atom is -0.380 e. The Morgan fingerprint density at radius 3 is 2.13 bits per heavy atom. The van der Waals surface area contributed by atoms with E-state index in [2.05, 4.69) is 119 Å². The minimum absolute atomic E-state index is 0.339. The van der Waals surface area contributed by atoms with E-state index in [-0.39, 0.29) is 0 Å². The maximum absolute atomic E-state index is 4.99. The Hall–Kier alpha value is -2.81. The molecule has 3 nitrogen and oxygen atoms in total. The number of anilines is 1. The van der Waals surface area contributed by atoms with Crippen LogP contribution >= 0.6 is 0 Å². The highest BCUT2D eigenvalue weighted by Crippen LogP contribution is 2.33. The molecule has 1 unspecified atom stereocenters. The largest absolute Gasteiger partial charge is 0.380 e. The van der Waals surface area contributed by atoms with Crippen LogP contribution in [0.15, 0.2) is 77.6 Å². The third kappa shape index (κ3) is 5.02. The van der Waals surface area contributed by atoms with Gasteiger partial charge in [-0.25, -0.2) is 0 Å². The summed E-state index contributed by atoms with van der Waals surface area (Å²) in [7, 11) is 4.22. The zero-order valence-corrected chi connectivity index (χ0v) is 19.2. The van der Waals surface area contributed by atoms with Crippen molar-refractivity contribution < 1.29 is 0 Å². The summed E-state index contributed by atoms with van der Waals surface area (Å²) in [5.41, 5.74) is 10.8. The summed E-state index contributed by atoms with van der Waals surface area (Å²) in [6.07, 6.45) is 7.49. The highest BCUT2D eigenvalue weighted by Gasteiger charge is 2.20. The van der Waals surface area contributed by atoms with Crippen molar-refractivity contribution in [2.45, 2.75) is 46.0 Å². The zero-order chi connectivity index (χ0) is 21.7. The number of para-hydroxylation sites is 1. The Bertz CT molecular complexity index is 908. The molecule has 3 heteroatoms. The molecule has 0 aromatic heterocycles. The fourth-order valence-electron chi connectivity index (χ4n) is 4.03. The second-order valence-electron chi connectivity index (χ2n) is 8.84. The summed E-state index contributed by atoms with van der Waals surface area (Å²) in [5, 5.41) is 4.99. The maximum Gasteiger partial charge on any atom is 0.0689 e. The van der Waals surface area contributed by atoms with Gasteiger partial charge in [0.1, 0.15) is 0 Å². The van der Waals surface area contributed by atoms with Crippen molar-refractivity contribution in [2.75, 3.05) is 19.5 Å². The average Bonchev–Trinajstić information content (AvgIpc) is 3.19. The van der Waals surface area contributed by atoms with Crippen molar-refractivity contribution in [2.24, 2.45) is 11.0 Å². The predicted octanol–water partition coefficient (Wildman–Crippen LogP) is 6.77. The molecule has 1 atom stereocenters. The van der Waals surface area contributed by atoms with Crippen molar-refractivity contribution in [3.8, 4) is 0 Å². The SMILES string of the molecule is CC(C)c1cccc(C(C)C)c1NN=C(CC1C=CC=C1N(C)C)c1ccccc1. The van der Waals surface area contributed by atoms with Crippen LogP contribution in [0.3, 0.4) is 0 Å². The van der Waals surface area contributed by atoms with Gasteiger partial charge in [-0.3, -0.25) is 5.43 Å². The molecule has 0 saturated heterocycles. The number of rotatable bonds is 8. The molecule has 0 fully saturated rings. The van der Waals surface area contributed by atoms with E-state index in [0.717, 1.165) is 23.4 Å². The predicted molar refractivity (Wildman–Crippen MR) is 130 cm³/mol. The molecule has 0 aliphatic heterocycles. The van der Waals surface area contributed by atoms with Gasteiger partial charge in [0.05, 0.1) is 11.4 Å². The third-order valence-electron chi connectivity index (χ3n) is 5.70. The first-order valence-electron chi connectivity index (χ1n) is 10.9. The normalized spacial score (nSPS) is 16.3. The fourth-order valence-corrected chi connectivity index (χ4v) is 4.03. The number of hydrogen-bond acceptors (Lipinski definition) is 3. The van der Waals surface area contributed by atoms with Gasteiger partial charge in [0.25, 0.3) is 0 Å². The van der Waals surface area contributed by atoms with E-state index >= 15 is 0 Å². The summed E-state index contributed by atoms with van der Waals surface area (Å²) < 4.78 is 0. The van der Waals surface area contributed by atoms with Crippen LogP contribution in [-0.2, 0) is 0 Å². The summed E-state index contributed by atoms with van der Waals surface area (Å²) in [6, 6.07) is 17.1. The number of benzene rings is 2. The molecule has 3 rings (SSSR count). The molecule has 0 bridgehead atoms. The van der Waals surface area contributed by atoms with Crippen molar-refractivity contribution in [3.63, 3.8) is 0 Å². The van der Waals surface area contributed by atoms with E-state index in [0.29, 0.717) is 17.8 Å². The van der Waals surface area contributed by atoms with Crippen LogP contribution < -0.4 is 5.43 Å². The minimum atomic E-state index is 0.339. The van der Waals surface area contributed by atoms with Crippen molar-refractivity contribution in [1.29, 1.82) is 0 Å². The first-order chi connectivity index (χ1) is 14.4. The monoisotopic (exact) mass is 401 g/mol. The smallest absolute Gasteiger partial charge is 0.0689 e. The molecule has 1 aliphatic carbocycles. The van der Waals surface area contributed by atoms with Gasteiger partial charge in [-0.2, -0.15) is 5.10 Å². The van der Waals surface area contributed by atoms with Gasteiger partial charge >= 0.3 is 0 Å². The molecule has 0 heterocycles. The van der Waals surface area contributed by atoms with Gasteiger partial charge in [0, 0.05) is 32.1 Å². The molecule has 2 aromatic rings. The lowest BCUT2D eigenvalue weighted by Crippen LogP contribution is -2.20. The molecule has 2 aromatic carbocycles. The Kier molecular flexibility index (Phi) is 7.15. The molecule has 1 N–H and O–H groups in total. The molecule has 30 heavy (non-hydrogen) atoms. The van der Waals surface area contributed by atoms with Gasteiger partial charge in [-0.15, -0.1) is 0 Å². The van der Waals surface area contributed by atoms with Crippen LogP contribution in [-0.4, -0.2) is 24.7 Å². The standard InChI is InChI=1S/C27H35N3/c1-19(2)23-15-11-16-24(20(3)4)27(23)29-28-25(21-12-8-7-9-13-21)18-22-14-10-17-26(22)30(5)6/h7-17,19-20,22,29H,18H2,1-6H3. The summed E-state index contributed by atoms with van der Waals surface area (Å²) in [4.78, 5) is 2.20. The van der Waals surface area contributed by atoms with Crippen molar-refractivity contribution >= 4 is 11.4 Å². The van der Waals surface area contributed by atoms with Crippen LogP contribution in [0.25, 0.3) is 0 Å². The maximum atomic E-state index is 4.99. The Balaban J connectivity index is 1.98. The number of hydrogen-bond donors (Lipinski definition) is 1. The van der Waals surface area contributed by atoms with E-state index in [1.807, 2.05) is 0 Å². The van der Waals surface area contributed by atoms with Crippen LogP contribution in [0.4, 0.5) is 5.69 Å². The molecule has 0 spiro atoms. The lowest BCUT2D eigenvalue weighted by molar-refractivity contribution is 0.460. The fraction of sp³-hybridized carbons (Fsp3) is 0.370. The lowest BCUT2D eigenvalue weighted by atomic mass is 9.93. The van der Waals surface area contributed by atoms with E-state index in [1.54, 1.807) is 0 Å². The van der Waals surface area contributed by atoms with Gasteiger partial charge in [-0.05, 0) is 34.6 Å². The van der Waals surface area contributed by atoms with Crippen molar-refractivity contribution in [3.05, 3.63) is 89.1 Å². The van der Waals surface area contributed by atoms with E-state index < -0.39 is 0 Å². The van der Waals surface area contributed by atoms with Crippen LogP contribution in [0, 0.1) is 5.92 Å². The zero-order valence-electron chi connectivity index (χ0n) is 19.2. The molecule has 0 amide bonds. The van der Waals surface area contributed by atoms with Crippen LogP contribution in [0.5, 0.6) is 0 Å². The molecular formula is C27H35N3. The van der Waals surface area contributed by atoms with Gasteiger partial charge in [0.15, 0.2) is 0 Å². The Labute approximate surface area is 182 Å². The summed E-state index contributed by atoms with van der Waals surface area (Å²) >= 11 is 0. The summed E-state index contributed by atoms with van der Waals surface area (Å²) in [5.74, 6) is 1.20. The molecule has 158 valence electrons. The van der Waals surface area contributed by atoms with E-state index in [4.69, 9.17) is 5.10 Å². The topological polar surface area (TPSA) is 27.6 Å². The van der Waals surface area contributed by atoms with E-state index in [9.17, 15) is 0 Å². The Morgan fingerprint density at radius 2 is 1.57 bits per heavy atom. The molecule has 0 radical (unpaired) electrons. The van der Waals surface area contributed by atoms with Crippen molar-refractivity contribution in [1.82, 2.24) is 4.90 Å². The lowest BCUT2D eigenvalue weighted by Gasteiger charge is -2.23. The second-order valence-corrected chi connectivity index (χ2v) is 8.84. The van der Waals surface area contributed by atoms with Crippen LogP contribution in [0.2, 0.25) is 0 Å². The molecule has 1 aliphatic rings. The number of hydrazone groups is 1. The van der Waals surface area contributed by atoms with Crippen LogP contribution in [0.1, 0.15) is 62.6 Å². The second kappa shape index (κ2) is 9.80. The summed E-state index contributed by atoms with van der Waals surface area (Å²) in [6.45, 7) is 8.96. The highest BCUT2D eigenvalue weighted by atomic mass is 15.3. The van der Waals surface area contributed by atoms with Gasteiger partial charge < -0.3 is 4.90 Å². The first kappa shape index (κ1) is 21.9. The van der Waals surface area contributed by atoms with Gasteiger partial charge in [-0.1, -0.05) is 88.4 Å². The average molecular weight is 402 g/mol.